The molecule has 0 aliphatic heterocycles. The van der Waals surface area contributed by atoms with E-state index in [1.165, 1.54) is 11.3 Å². The fourth-order valence-electron chi connectivity index (χ4n) is 2.13. The van der Waals surface area contributed by atoms with Gasteiger partial charge < -0.3 is 0 Å². The molecule has 0 spiro atoms. The van der Waals surface area contributed by atoms with E-state index < -0.39 is 0 Å². The molecule has 20 heavy (non-hydrogen) atoms. The lowest BCUT2D eigenvalue weighted by Crippen LogP contribution is -1.86. The molecule has 1 aromatic carbocycles. The quantitative estimate of drug-likeness (QED) is 0.534. The van der Waals surface area contributed by atoms with Gasteiger partial charge in [-0.25, -0.2) is 4.98 Å². The highest BCUT2D eigenvalue weighted by atomic mass is 35.5. The van der Waals surface area contributed by atoms with Crippen LogP contribution < -0.4 is 0 Å². The second-order valence-corrected chi connectivity index (χ2v) is 5.63. The van der Waals surface area contributed by atoms with Crippen molar-refractivity contribution in [3.63, 3.8) is 0 Å². The summed E-state index contributed by atoms with van der Waals surface area (Å²) in [5.41, 5.74) is 2.78. The van der Waals surface area contributed by atoms with E-state index in [4.69, 9.17) is 11.6 Å². The van der Waals surface area contributed by atoms with Gasteiger partial charge in [0.15, 0.2) is 5.15 Å². The van der Waals surface area contributed by atoms with Gasteiger partial charge >= 0.3 is 0 Å². The van der Waals surface area contributed by atoms with Crippen molar-refractivity contribution in [2.75, 3.05) is 0 Å². The number of nitrogens with zero attached hydrogens (tertiary/aromatic N) is 4. The number of fused-ring (bicyclic) bond motifs is 3. The van der Waals surface area contributed by atoms with Crippen molar-refractivity contribution in [3.8, 4) is 11.3 Å². The molecule has 0 fully saturated rings. The molecule has 4 nitrogen and oxygen atoms in total. The molecule has 0 atom stereocenters. The maximum absolute atomic E-state index is 6.05. The topological polar surface area (TPSA) is 51.6 Å². The third-order valence-corrected chi connectivity index (χ3v) is 4.54. The Bertz CT molecular complexity index is 920. The largest absolute Gasteiger partial charge is 0.237 e. The van der Waals surface area contributed by atoms with E-state index in [1.54, 1.807) is 0 Å². The highest BCUT2D eigenvalue weighted by Gasteiger charge is 2.12. The Morgan fingerprint density at radius 1 is 0.950 bits per heavy atom. The van der Waals surface area contributed by atoms with E-state index >= 15 is 0 Å². The van der Waals surface area contributed by atoms with Crippen LogP contribution in [0.2, 0.25) is 5.15 Å². The first-order valence-electron chi connectivity index (χ1n) is 5.96. The molecule has 0 aliphatic carbocycles. The Kier molecular flexibility index (Phi) is 2.61. The molecule has 0 saturated carbocycles. The molecule has 0 amide bonds. The Morgan fingerprint density at radius 3 is 2.65 bits per heavy atom. The highest BCUT2D eigenvalue weighted by Crippen LogP contribution is 2.35. The molecule has 96 valence electrons. The number of pyridine rings is 1. The fourth-order valence-corrected chi connectivity index (χ4v) is 3.35. The van der Waals surface area contributed by atoms with Crippen LogP contribution in [0, 0.1) is 0 Å². The number of rotatable bonds is 1. The molecule has 0 bridgehead atoms. The molecular formula is C14H7ClN4S. The summed E-state index contributed by atoms with van der Waals surface area (Å²) in [6, 6.07) is 14.1. The average Bonchev–Trinajstić information content (AvgIpc) is 2.87. The lowest BCUT2D eigenvalue weighted by molar-refractivity contribution is 0.900. The normalized spacial score (nSPS) is 11.2. The number of hydrogen-bond donors (Lipinski definition) is 0. The van der Waals surface area contributed by atoms with Crippen LogP contribution in [0.15, 0.2) is 42.5 Å². The van der Waals surface area contributed by atoms with Gasteiger partial charge in [0.1, 0.15) is 10.3 Å². The first kappa shape index (κ1) is 11.7. The van der Waals surface area contributed by atoms with Gasteiger partial charge in [0.05, 0.1) is 10.4 Å². The Labute approximate surface area is 123 Å². The minimum absolute atomic E-state index is 0.374. The van der Waals surface area contributed by atoms with Crippen LogP contribution >= 0.6 is 22.9 Å². The fraction of sp³-hybridized carbons (Fsp3) is 0. The molecule has 3 aromatic heterocycles. The van der Waals surface area contributed by atoms with Crippen molar-refractivity contribution >= 4 is 43.4 Å². The maximum atomic E-state index is 6.05. The van der Waals surface area contributed by atoms with Crippen LogP contribution in [0.5, 0.6) is 0 Å². The molecule has 4 rings (SSSR count). The Balaban J connectivity index is 2.01. The molecular weight excluding hydrogens is 292 g/mol. The molecule has 0 saturated heterocycles. The van der Waals surface area contributed by atoms with Crippen molar-refractivity contribution in [2.45, 2.75) is 0 Å². The zero-order chi connectivity index (χ0) is 13.5. The zero-order valence-electron chi connectivity index (χ0n) is 10.1. The second-order valence-electron chi connectivity index (χ2n) is 4.28. The minimum Gasteiger partial charge on any atom is -0.237 e. The predicted octanol–water partition coefficient (Wildman–Crippen LogP) is 3.95. The third-order valence-electron chi connectivity index (χ3n) is 3.06. The van der Waals surface area contributed by atoms with Crippen LogP contribution in [0.4, 0.5) is 0 Å². The van der Waals surface area contributed by atoms with E-state index in [0.717, 1.165) is 31.7 Å². The number of hydrogen-bond acceptors (Lipinski definition) is 5. The van der Waals surface area contributed by atoms with Crippen molar-refractivity contribution in [1.29, 1.82) is 0 Å². The second kappa shape index (κ2) is 4.47. The van der Waals surface area contributed by atoms with Crippen LogP contribution in [-0.2, 0) is 0 Å². The van der Waals surface area contributed by atoms with Gasteiger partial charge in [0.25, 0.3) is 0 Å². The maximum Gasteiger partial charge on any atom is 0.172 e. The van der Waals surface area contributed by atoms with Crippen LogP contribution in [0.3, 0.4) is 0 Å². The zero-order valence-corrected chi connectivity index (χ0v) is 11.7. The predicted molar refractivity (Wildman–Crippen MR) is 81.0 cm³/mol. The standard InChI is InChI=1S/C14H7ClN4S/c15-13-12-11(17-19-18-13)9-6-7-10(16-14(9)20-12)8-4-2-1-3-5-8/h1-7H. The van der Waals surface area contributed by atoms with Crippen LogP contribution in [0.1, 0.15) is 0 Å². The van der Waals surface area contributed by atoms with Crippen LogP contribution in [-0.4, -0.2) is 20.4 Å². The summed E-state index contributed by atoms with van der Waals surface area (Å²) >= 11 is 7.54. The molecule has 3 heterocycles. The first-order valence-corrected chi connectivity index (χ1v) is 7.16. The third kappa shape index (κ3) is 1.75. The smallest absolute Gasteiger partial charge is 0.172 e. The minimum atomic E-state index is 0.374. The summed E-state index contributed by atoms with van der Waals surface area (Å²) in [4.78, 5) is 5.58. The summed E-state index contributed by atoms with van der Waals surface area (Å²) in [7, 11) is 0. The molecule has 0 N–H and O–H groups in total. The molecule has 6 heteroatoms. The van der Waals surface area contributed by atoms with Crippen LogP contribution in [0.25, 0.3) is 31.7 Å². The average molecular weight is 299 g/mol. The Hall–Kier alpha value is -2.11. The van der Waals surface area contributed by atoms with Crippen molar-refractivity contribution in [1.82, 2.24) is 20.4 Å². The van der Waals surface area contributed by atoms with Gasteiger partial charge in [-0.1, -0.05) is 41.9 Å². The molecule has 4 aromatic rings. The van der Waals surface area contributed by atoms with E-state index in [1.807, 2.05) is 42.5 Å². The number of thiophene rings is 1. The molecule has 0 aliphatic rings. The summed E-state index contributed by atoms with van der Waals surface area (Å²) < 4.78 is 0.828. The van der Waals surface area contributed by atoms with Gasteiger partial charge in [0.2, 0.25) is 0 Å². The van der Waals surface area contributed by atoms with Crippen molar-refractivity contribution in [2.24, 2.45) is 0 Å². The van der Waals surface area contributed by atoms with Gasteiger partial charge in [-0.3, -0.25) is 0 Å². The lowest BCUT2D eigenvalue weighted by Gasteiger charge is -1.99. The van der Waals surface area contributed by atoms with E-state index in [0.29, 0.717) is 5.15 Å². The lowest BCUT2D eigenvalue weighted by atomic mass is 10.1. The summed E-state index contributed by atoms with van der Waals surface area (Å²) in [5, 5.41) is 12.8. The van der Waals surface area contributed by atoms with Gasteiger partial charge in [-0.2, -0.15) is 0 Å². The van der Waals surface area contributed by atoms with Gasteiger partial charge in [-0.05, 0) is 17.3 Å². The highest BCUT2D eigenvalue weighted by molar-refractivity contribution is 7.25. The Morgan fingerprint density at radius 2 is 1.80 bits per heavy atom. The number of halogens is 1. The molecule has 0 radical (unpaired) electrons. The summed E-state index contributed by atoms with van der Waals surface area (Å²) in [6.07, 6.45) is 0. The van der Waals surface area contributed by atoms with E-state index in [9.17, 15) is 0 Å². The molecule has 0 unspecified atom stereocenters. The monoisotopic (exact) mass is 298 g/mol. The van der Waals surface area contributed by atoms with E-state index in [2.05, 4.69) is 20.4 Å². The summed E-state index contributed by atoms with van der Waals surface area (Å²) in [6.45, 7) is 0. The van der Waals surface area contributed by atoms with Crippen molar-refractivity contribution < 1.29 is 0 Å². The van der Waals surface area contributed by atoms with Gasteiger partial charge in [0, 0.05) is 10.9 Å². The van der Waals surface area contributed by atoms with Crippen molar-refractivity contribution in [3.05, 3.63) is 47.6 Å². The number of benzene rings is 1. The summed E-state index contributed by atoms with van der Waals surface area (Å²) in [5.74, 6) is 0. The first-order chi connectivity index (χ1) is 9.83. The van der Waals surface area contributed by atoms with Gasteiger partial charge in [-0.15, -0.1) is 21.5 Å². The number of aromatic nitrogens is 4. The SMILES string of the molecule is Clc1nnnc2c1sc1nc(-c3ccccc3)ccc12. The van der Waals surface area contributed by atoms with E-state index in [-0.39, 0.29) is 0 Å².